The third kappa shape index (κ3) is 3.23. The quantitative estimate of drug-likeness (QED) is 0.896. The summed E-state index contributed by atoms with van der Waals surface area (Å²) in [5.41, 5.74) is 2.52. The molecule has 0 saturated carbocycles. The summed E-state index contributed by atoms with van der Waals surface area (Å²) in [7, 11) is 0. The smallest absolute Gasteiger partial charge is 0.325 e. The van der Waals surface area contributed by atoms with Gasteiger partial charge in [0.15, 0.2) is 0 Å². The molecule has 0 aliphatic carbocycles. The molecule has 4 heteroatoms. The van der Waals surface area contributed by atoms with Gasteiger partial charge in [0.2, 0.25) is 0 Å². The first-order chi connectivity index (χ1) is 9.58. The molecule has 0 unspecified atom stereocenters. The monoisotopic (exact) mass is 269 g/mol. The second-order valence-corrected chi connectivity index (χ2v) is 4.48. The van der Waals surface area contributed by atoms with Crippen molar-refractivity contribution in [2.45, 2.75) is 13.0 Å². The van der Waals surface area contributed by atoms with Crippen molar-refractivity contribution in [1.82, 2.24) is 5.32 Å². The van der Waals surface area contributed by atoms with Crippen molar-refractivity contribution < 1.29 is 14.7 Å². The number of rotatable bonds is 4. The summed E-state index contributed by atoms with van der Waals surface area (Å²) >= 11 is 0. The minimum Gasteiger partial charge on any atom is -0.480 e. The number of amides is 1. The van der Waals surface area contributed by atoms with Gasteiger partial charge < -0.3 is 10.4 Å². The summed E-state index contributed by atoms with van der Waals surface area (Å²) in [6.07, 6.45) is 0. The summed E-state index contributed by atoms with van der Waals surface area (Å²) in [5, 5.41) is 11.2. The molecule has 102 valence electrons. The fraction of sp³-hybridized carbons (Fsp3) is 0.125. The molecule has 0 bridgehead atoms. The first-order valence-corrected chi connectivity index (χ1v) is 6.27. The van der Waals surface area contributed by atoms with Crippen molar-refractivity contribution in [1.29, 1.82) is 0 Å². The molecule has 1 atom stereocenters. The third-order valence-electron chi connectivity index (χ3n) is 2.97. The number of carbonyl (C=O) groups is 2. The highest BCUT2D eigenvalue weighted by Crippen LogP contribution is 2.19. The molecule has 0 fully saturated rings. The number of carbonyl (C=O) groups excluding carboxylic acids is 1. The zero-order chi connectivity index (χ0) is 14.5. The molecule has 0 aliphatic heterocycles. The van der Waals surface area contributed by atoms with Gasteiger partial charge >= 0.3 is 5.97 Å². The predicted octanol–water partition coefficient (Wildman–Crippen LogP) is 2.56. The molecule has 0 heterocycles. The van der Waals surface area contributed by atoms with Gasteiger partial charge in [-0.3, -0.25) is 9.59 Å². The molecule has 0 spiro atoms. The molecule has 0 radical (unpaired) electrons. The van der Waals surface area contributed by atoms with Gasteiger partial charge in [0.25, 0.3) is 5.91 Å². The highest BCUT2D eigenvalue weighted by atomic mass is 16.4. The lowest BCUT2D eigenvalue weighted by Gasteiger charge is -2.09. The molecule has 2 N–H and O–H groups in total. The van der Waals surface area contributed by atoms with Crippen LogP contribution in [0.25, 0.3) is 11.1 Å². The molecule has 0 saturated heterocycles. The van der Waals surface area contributed by atoms with Gasteiger partial charge in [-0.1, -0.05) is 42.5 Å². The van der Waals surface area contributed by atoms with Crippen LogP contribution in [0.15, 0.2) is 54.6 Å². The van der Waals surface area contributed by atoms with Crippen LogP contribution in [0.3, 0.4) is 0 Å². The summed E-state index contributed by atoms with van der Waals surface area (Å²) in [4.78, 5) is 22.5. The standard InChI is InChI=1S/C16H15NO3/c1-11(16(19)20)17-15(18)14-9-7-13(8-10-14)12-5-3-2-4-6-12/h2-11H,1H3,(H,17,18)(H,19,20)/t11-/m0/s1. The fourth-order valence-electron chi connectivity index (χ4n) is 1.79. The van der Waals surface area contributed by atoms with Crippen molar-refractivity contribution >= 4 is 11.9 Å². The lowest BCUT2D eigenvalue weighted by atomic mass is 10.0. The van der Waals surface area contributed by atoms with E-state index in [1.165, 1.54) is 6.92 Å². The molecule has 2 aromatic rings. The van der Waals surface area contributed by atoms with E-state index in [9.17, 15) is 9.59 Å². The van der Waals surface area contributed by atoms with Gasteiger partial charge in [-0.15, -0.1) is 0 Å². The molecule has 2 rings (SSSR count). The zero-order valence-electron chi connectivity index (χ0n) is 11.0. The lowest BCUT2D eigenvalue weighted by molar-refractivity contribution is -0.138. The Morgan fingerprint density at radius 1 is 0.950 bits per heavy atom. The third-order valence-corrected chi connectivity index (χ3v) is 2.97. The molecule has 0 aromatic heterocycles. The number of nitrogens with one attached hydrogen (secondary N) is 1. The average Bonchev–Trinajstić information content (AvgIpc) is 2.48. The Kier molecular flexibility index (Phi) is 4.15. The topological polar surface area (TPSA) is 66.4 Å². The number of aliphatic carboxylic acids is 1. The van der Waals surface area contributed by atoms with Gasteiger partial charge in [0.1, 0.15) is 6.04 Å². The number of carboxylic acids is 1. The van der Waals surface area contributed by atoms with Crippen molar-refractivity contribution in [2.75, 3.05) is 0 Å². The van der Waals surface area contributed by atoms with Gasteiger partial charge in [0, 0.05) is 5.56 Å². The Balaban J connectivity index is 2.12. The van der Waals surface area contributed by atoms with Gasteiger partial charge in [-0.2, -0.15) is 0 Å². The normalized spacial score (nSPS) is 11.7. The Hall–Kier alpha value is -2.62. The van der Waals surface area contributed by atoms with E-state index in [1.54, 1.807) is 12.1 Å². The van der Waals surface area contributed by atoms with E-state index in [-0.39, 0.29) is 5.91 Å². The maximum Gasteiger partial charge on any atom is 0.325 e. The Labute approximate surface area is 117 Å². The highest BCUT2D eigenvalue weighted by molar-refractivity contribution is 5.96. The number of benzene rings is 2. The van der Waals surface area contributed by atoms with Gasteiger partial charge in [-0.05, 0) is 30.2 Å². The van der Waals surface area contributed by atoms with Crippen LogP contribution in [-0.4, -0.2) is 23.0 Å². The minimum atomic E-state index is -1.06. The second kappa shape index (κ2) is 6.02. The minimum absolute atomic E-state index is 0.389. The van der Waals surface area contributed by atoms with E-state index in [0.29, 0.717) is 5.56 Å². The van der Waals surface area contributed by atoms with Crippen LogP contribution in [0.1, 0.15) is 17.3 Å². The maximum atomic E-state index is 11.8. The van der Waals surface area contributed by atoms with Crippen LogP contribution in [-0.2, 0) is 4.79 Å². The largest absolute Gasteiger partial charge is 0.480 e. The van der Waals surface area contributed by atoms with E-state index in [0.717, 1.165) is 11.1 Å². The van der Waals surface area contributed by atoms with Crippen LogP contribution >= 0.6 is 0 Å². The molecular weight excluding hydrogens is 254 g/mol. The molecule has 4 nitrogen and oxygen atoms in total. The van der Waals surface area contributed by atoms with Crippen LogP contribution in [0.5, 0.6) is 0 Å². The summed E-state index contributed by atoms with van der Waals surface area (Å²) in [6, 6.07) is 16.0. The summed E-state index contributed by atoms with van der Waals surface area (Å²) < 4.78 is 0. The van der Waals surface area contributed by atoms with E-state index in [2.05, 4.69) is 5.32 Å². The molecule has 0 aliphatic rings. The average molecular weight is 269 g/mol. The van der Waals surface area contributed by atoms with E-state index in [1.807, 2.05) is 42.5 Å². The number of hydrogen-bond donors (Lipinski definition) is 2. The predicted molar refractivity (Wildman–Crippen MR) is 76.4 cm³/mol. The van der Waals surface area contributed by atoms with E-state index in [4.69, 9.17) is 5.11 Å². The molecule has 2 aromatic carbocycles. The summed E-state index contributed by atoms with van der Waals surface area (Å²) in [5.74, 6) is -1.45. The van der Waals surface area contributed by atoms with Gasteiger partial charge in [-0.25, -0.2) is 0 Å². The SMILES string of the molecule is C[C@H](NC(=O)c1ccc(-c2ccccc2)cc1)C(=O)O. The summed E-state index contributed by atoms with van der Waals surface area (Å²) in [6.45, 7) is 1.43. The zero-order valence-corrected chi connectivity index (χ0v) is 11.0. The van der Waals surface area contributed by atoms with Crippen LogP contribution in [0.4, 0.5) is 0 Å². The fourth-order valence-corrected chi connectivity index (χ4v) is 1.79. The van der Waals surface area contributed by atoms with Crippen LogP contribution in [0.2, 0.25) is 0 Å². The molecule has 20 heavy (non-hydrogen) atoms. The van der Waals surface area contributed by atoms with Crippen LogP contribution in [0, 0.1) is 0 Å². The number of hydrogen-bond acceptors (Lipinski definition) is 2. The number of carboxylic acid groups (broad SMARTS) is 1. The molecular formula is C16H15NO3. The van der Waals surface area contributed by atoms with Crippen molar-refractivity contribution in [2.24, 2.45) is 0 Å². The maximum absolute atomic E-state index is 11.8. The van der Waals surface area contributed by atoms with Gasteiger partial charge in [0.05, 0.1) is 0 Å². The highest BCUT2D eigenvalue weighted by Gasteiger charge is 2.15. The first kappa shape index (κ1) is 13.8. The molecule has 1 amide bonds. The second-order valence-electron chi connectivity index (χ2n) is 4.48. The Morgan fingerprint density at radius 2 is 1.50 bits per heavy atom. The van der Waals surface area contributed by atoms with Crippen LogP contribution < -0.4 is 5.32 Å². The van der Waals surface area contributed by atoms with Crippen molar-refractivity contribution in [3.8, 4) is 11.1 Å². The first-order valence-electron chi connectivity index (χ1n) is 6.27. The Bertz CT molecular complexity index is 605. The van der Waals surface area contributed by atoms with Crippen molar-refractivity contribution in [3.05, 3.63) is 60.2 Å². The Morgan fingerprint density at radius 3 is 2.05 bits per heavy atom. The lowest BCUT2D eigenvalue weighted by Crippen LogP contribution is -2.38. The van der Waals surface area contributed by atoms with E-state index >= 15 is 0 Å². The van der Waals surface area contributed by atoms with E-state index < -0.39 is 12.0 Å². The van der Waals surface area contributed by atoms with Crippen molar-refractivity contribution in [3.63, 3.8) is 0 Å².